The number of thioether (sulfide) groups is 1. The third-order valence-electron chi connectivity index (χ3n) is 2.78. The lowest BCUT2D eigenvalue weighted by Crippen LogP contribution is -2.34. The highest BCUT2D eigenvalue weighted by molar-refractivity contribution is 7.99. The van der Waals surface area contributed by atoms with Crippen LogP contribution in [0.3, 0.4) is 0 Å². The lowest BCUT2D eigenvalue weighted by Gasteiger charge is -2.29. The summed E-state index contributed by atoms with van der Waals surface area (Å²) in [5.41, 5.74) is 14.5. The number of fused-ring (bicyclic) bond motifs is 1. The normalized spacial score (nSPS) is 18.9. The predicted molar refractivity (Wildman–Crippen MR) is 73.7 cm³/mol. The van der Waals surface area contributed by atoms with E-state index in [4.69, 9.17) is 16.2 Å². The molecule has 94 valence electrons. The van der Waals surface area contributed by atoms with E-state index < -0.39 is 0 Å². The minimum Gasteiger partial charge on any atom is -0.485 e. The van der Waals surface area contributed by atoms with Crippen molar-refractivity contribution in [1.82, 2.24) is 4.90 Å². The van der Waals surface area contributed by atoms with Crippen LogP contribution in [0, 0.1) is 6.92 Å². The number of nitrogen functional groups attached to an aromatic ring is 2. The number of aryl methyl sites for hydroxylation is 1. The molecule has 2 rings (SSSR count). The van der Waals surface area contributed by atoms with Crippen LogP contribution < -0.4 is 16.2 Å². The summed E-state index contributed by atoms with van der Waals surface area (Å²) >= 11 is 1.74. The van der Waals surface area contributed by atoms with E-state index in [9.17, 15) is 0 Å². The molecular weight excluding hydrogens is 234 g/mol. The number of nitrogens with two attached hydrogens (primary N) is 2. The van der Waals surface area contributed by atoms with Gasteiger partial charge in [-0.3, -0.25) is 0 Å². The number of nitrogens with zero attached hydrogens (tertiary/aromatic N) is 1. The number of rotatable bonds is 2. The van der Waals surface area contributed by atoms with Crippen LogP contribution in [-0.4, -0.2) is 37.4 Å². The van der Waals surface area contributed by atoms with E-state index >= 15 is 0 Å². The quantitative estimate of drug-likeness (QED) is 0.783. The van der Waals surface area contributed by atoms with E-state index in [1.165, 1.54) is 0 Å². The van der Waals surface area contributed by atoms with Gasteiger partial charge < -0.3 is 21.1 Å². The van der Waals surface area contributed by atoms with Crippen LogP contribution in [0.15, 0.2) is 11.0 Å². The number of hydrogen-bond acceptors (Lipinski definition) is 5. The Labute approximate surface area is 106 Å². The first-order valence-electron chi connectivity index (χ1n) is 5.61. The van der Waals surface area contributed by atoms with E-state index in [2.05, 4.69) is 4.90 Å². The Balaban J connectivity index is 2.29. The average Bonchev–Trinajstić information content (AvgIpc) is 2.25. The van der Waals surface area contributed by atoms with Gasteiger partial charge in [0.05, 0.1) is 16.3 Å². The molecule has 0 amide bonds. The largest absolute Gasteiger partial charge is 0.485 e. The zero-order chi connectivity index (χ0) is 12.6. The maximum Gasteiger partial charge on any atom is 0.158 e. The van der Waals surface area contributed by atoms with Crippen LogP contribution in [0.1, 0.15) is 5.56 Å². The standard InChI is InChI=1S/C12H19N3OS/c1-7-4-9(13)11-12(10(7)14)17-6-8(16-11)5-15(2)3/h4,8H,5-6,13-14H2,1-3H3. The molecule has 0 fully saturated rings. The second kappa shape index (κ2) is 4.66. The maximum atomic E-state index is 6.05. The van der Waals surface area contributed by atoms with Crippen LogP contribution in [0.4, 0.5) is 11.4 Å². The van der Waals surface area contributed by atoms with E-state index in [-0.39, 0.29) is 6.10 Å². The molecule has 0 radical (unpaired) electrons. The fourth-order valence-corrected chi connectivity index (χ4v) is 3.09. The Kier molecular flexibility index (Phi) is 3.40. The molecule has 4 N–H and O–H groups in total. The topological polar surface area (TPSA) is 64.5 Å². The number of hydrogen-bond donors (Lipinski definition) is 2. The number of likely N-dealkylation sites (N-methyl/N-ethyl adjacent to an activating group) is 1. The summed E-state index contributed by atoms with van der Waals surface area (Å²) in [7, 11) is 4.08. The van der Waals surface area contributed by atoms with Crippen molar-refractivity contribution in [2.75, 3.05) is 37.9 Å². The van der Waals surface area contributed by atoms with Crippen molar-refractivity contribution >= 4 is 23.1 Å². The Morgan fingerprint density at radius 2 is 2.18 bits per heavy atom. The highest BCUT2D eigenvalue weighted by atomic mass is 32.2. The second-order valence-corrected chi connectivity index (χ2v) is 5.70. The smallest absolute Gasteiger partial charge is 0.158 e. The molecule has 5 heteroatoms. The van der Waals surface area contributed by atoms with Gasteiger partial charge in [-0.2, -0.15) is 0 Å². The zero-order valence-electron chi connectivity index (χ0n) is 10.5. The summed E-state index contributed by atoms with van der Waals surface area (Å²) in [5.74, 6) is 1.68. The van der Waals surface area contributed by atoms with Gasteiger partial charge in [-0.25, -0.2) is 0 Å². The first-order valence-corrected chi connectivity index (χ1v) is 6.60. The Hall–Kier alpha value is -1.07. The van der Waals surface area contributed by atoms with Crippen molar-refractivity contribution in [2.45, 2.75) is 17.9 Å². The van der Waals surface area contributed by atoms with E-state index in [0.717, 1.165) is 34.2 Å². The van der Waals surface area contributed by atoms with Crippen molar-refractivity contribution in [1.29, 1.82) is 0 Å². The molecule has 0 aliphatic carbocycles. The predicted octanol–water partition coefficient (Wildman–Crippen LogP) is 1.57. The van der Waals surface area contributed by atoms with Crippen LogP contribution in [0.5, 0.6) is 5.75 Å². The van der Waals surface area contributed by atoms with Gasteiger partial charge in [-0.15, -0.1) is 11.8 Å². The molecule has 1 heterocycles. The van der Waals surface area contributed by atoms with Crippen LogP contribution in [0.25, 0.3) is 0 Å². The number of anilines is 2. The lowest BCUT2D eigenvalue weighted by molar-refractivity contribution is 0.174. The summed E-state index contributed by atoms with van der Waals surface area (Å²) in [6.07, 6.45) is 0.173. The lowest BCUT2D eigenvalue weighted by atomic mass is 10.1. The van der Waals surface area contributed by atoms with Gasteiger partial charge >= 0.3 is 0 Å². The van der Waals surface area contributed by atoms with E-state index in [1.807, 2.05) is 27.1 Å². The van der Waals surface area contributed by atoms with Crippen LogP contribution in [0.2, 0.25) is 0 Å². The van der Waals surface area contributed by atoms with Gasteiger partial charge in [0, 0.05) is 12.3 Å². The first kappa shape index (κ1) is 12.4. The Morgan fingerprint density at radius 3 is 2.82 bits per heavy atom. The Morgan fingerprint density at radius 1 is 1.47 bits per heavy atom. The average molecular weight is 253 g/mol. The van der Waals surface area contributed by atoms with Crippen molar-refractivity contribution in [3.8, 4) is 5.75 Å². The molecular formula is C12H19N3OS. The fraction of sp³-hybridized carbons (Fsp3) is 0.500. The molecule has 17 heavy (non-hydrogen) atoms. The number of ether oxygens (including phenoxy) is 1. The summed E-state index contributed by atoms with van der Waals surface area (Å²) in [5, 5.41) is 0. The van der Waals surface area contributed by atoms with Gasteiger partial charge in [0.2, 0.25) is 0 Å². The molecule has 0 bridgehead atoms. The van der Waals surface area contributed by atoms with Gasteiger partial charge in [-0.1, -0.05) is 0 Å². The number of benzene rings is 1. The zero-order valence-corrected chi connectivity index (χ0v) is 11.3. The molecule has 1 aromatic rings. The van der Waals surface area contributed by atoms with Crippen molar-refractivity contribution in [3.63, 3.8) is 0 Å². The minimum absolute atomic E-state index is 0.173. The highest BCUT2D eigenvalue weighted by Gasteiger charge is 2.25. The van der Waals surface area contributed by atoms with Gasteiger partial charge in [0.25, 0.3) is 0 Å². The van der Waals surface area contributed by atoms with E-state index in [0.29, 0.717) is 5.69 Å². The molecule has 1 aliphatic heterocycles. The fourth-order valence-electron chi connectivity index (χ4n) is 1.95. The SMILES string of the molecule is Cc1cc(N)c2c(c1N)SCC(CN(C)C)O2. The van der Waals surface area contributed by atoms with Crippen molar-refractivity contribution < 1.29 is 4.74 Å². The third kappa shape index (κ3) is 2.45. The van der Waals surface area contributed by atoms with Gasteiger partial charge in [0.15, 0.2) is 5.75 Å². The molecule has 1 aliphatic rings. The summed E-state index contributed by atoms with van der Waals surface area (Å²) in [6, 6.07) is 1.88. The minimum atomic E-state index is 0.173. The third-order valence-corrected chi connectivity index (χ3v) is 4.01. The highest BCUT2D eigenvalue weighted by Crippen LogP contribution is 2.44. The maximum absolute atomic E-state index is 6.05. The molecule has 0 saturated heterocycles. The summed E-state index contributed by atoms with van der Waals surface area (Å²) < 4.78 is 5.94. The van der Waals surface area contributed by atoms with Gasteiger partial charge in [-0.05, 0) is 32.6 Å². The molecule has 0 saturated carbocycles. The molecule has 1 atom stereocenters. The van der Waals surface area contributed by atoms with Crippen LogP contribution >= 0.6 is 11.8 Å². The molecule has 0 aromatic heterocycles. The Bertz CT molecular complexity index is 434. The summed E-state index contributed by atoms with van der Waals surface area (Å²) in [6.45, 7) is 2.86. The monoisotopic (exact) mass is 253 g/mol. The molecule has 4 nitrogen and oxygen atoms in total. The van der Waals surface area contributed by atoms with Crippen molar-refractivity contribution in [2.24, 2.45) is 0 Å². The van der Waals surface area contributed by atoms with Crippen LogP contribution in [-0.2, 0) is 0 Å². The first-order chi connectivity index (χ1) is 7.99. The van der Waals surface area contributed by atoms with Crippen molar-refractivity contribution in [3.05, 3.63) is 11.6 Å². The molecule has 1 aromatic carbocycles. The molecule has 0 spiro atoms. The van der Waals surface area contributed by atoms with E-state index in [1.54, 1.807) is 11.8 Å². The molecule has 1 unspecified atom stereocenters. The van der Waals surface area contributed by atoms with Gasteiger partial charge in [0.1, 0.15) is 6.10 Å². The second-order valence-electron chi connectivity index (χ2n) is 4.67. The summed E-state index contributed by atoms with van der Waals surface area (Å²) in [4.78, 5) is 3.11.